The molecule has 4 rings (SSSR count). The van der Waals surface area contributed by atoms with Crippen molar-refractivity contribution < 1.29 is 14.3 Å². The third-order valence-electron chi connectivity index (χ3n) is 5.75. The van der Waals surface area contributed by atoms with Gasteiger partial charge in [0.25, 0.3) is 5.56 Å². The van der Waals surface area contributed by atoms with Crippen LogP contribution >= 0.6 is 0 Å². The highest BCUT2D eigenvalue weighted by Gasteiger charge is 2.16. The minimum absolute atomic E-state index is 0.109. The van der Waals surface area contributed by atoms with E-state index in [4.69, 9.17) is 9.47 Å². The van der Waals surface area contributed by atoms with E-state index >= 15 is 0 Å². The molecule has 34 heavy (non-hydrogen) atoms. The second-order valence-corrected chi connectivity index (χ2v) is 8.25. The third kappa shape index (κ3) is 6.45. The maximum Gasteiger partial charge on any atom is 0.255 e. The summed E-state index contributed by atoms with van der Waals surface area (Å²) in [5.74, 6) is 1.27. The number of aromatic nitrogens is 2. The maximum absolute atomic E-state index is 12.6. The van der Waals surface area contributed by atoms with E-state index in [1.54, 1.807) is 0 Å². The van der Waals surface area contributed by atoms with Crippen LogP contribution in [0.15, 0.2) is 59.4 Å². The second kappa shape index (κ2) is 11.5. The van der Waals surface area contributed by atoms with Gasteiger partial charge in [0.05, 0.1) is 13.2 Å². The number of anilines is 1. The van der Waals surface area contributed by atoms with Gasteiger partial charge in [-0.15, -0.1) is 0 Å². The van der Waals surface area contributed by atoms with E-state index in [1.807, 2.05) is 66.4 Å². The molecule has 1 aliphatic rings. The third-order valence-corrected chi connectivity index (χ3v) is 5.75. The molecule has 0 atom stereocenters. The molecule has 0 saturated carbocycles. The van der Waals surface area contributed by atoms with E-state index in [-0.39, 0.29) is 17.9 Å². The lowest BCUT2D eigenvalue weighted by Gasteiger charge is -2.27. The van der Waals surface area contributed by atoms with Crippen LogP contribution in [0.2, 0.25) is 0 Å². The molecule has 1 fully saturated rings. The monoisotopic (exact) mass is 462 g/mol. The van der Waals surface area contributed by atoms with E-state index in [9.17, 15) is 9.59 Å². The standard InChI is InChI=1S/C26H30N4O4/c1-19-23(25(32)29-26(28-19)30-12-14-33-15-13-30)10-11-24(31)27-17-20-6-5-7-21(16-20)18-34-22-8-3-2-4-9-22/h2-9,16H,10-15,17-18H2,1H3,(H,27,31)(H,28,29,32). The predicted octanol–water partition coefficient (Wildman–Crippen LogP) is 2.74. The highest BCUT2D eigenvalue weighted by atomic mass is 16.5. The number of aryl methyl sites for hydroxylation is 1. The zero-order valence-corrected chi connectivity index (χ0v) is 19.4. The van der Waals surface area contributed by atoms with Gasteiger partial charge in [-0.05, 0) is 36.6 Å². The Bertz CT molecular complexity index is 1160. The van der Waals surface area contributed by atoms with Crippen LogP contribution < -0.4 is 20.5 Å². The lowest BCUT2D eigenvalue weighted by Crippen LogP contribution is -2.38. The van der Waals surface area contributed by atoms with Gasteiger partial charge < -0.3 is 19.7 Å². The first kappa shape index (κ1) is 23.5. The van der Waals surface area contributed by atoms with Crippen LogP contribution in [0.25, 0.3) is 0 Å². The first-order valence-electron chi connectivity index (χ1n) is 11.5. The molecule has 0 spiro atoms. The number of carbonyl (C=O) groups is 1. The van der Waals surface area contributed by atoms with Crippen molar-refractivity contribution in [1.82, 2.24) is 15.3 Å². The van der Waals surface area contributed by atoms with Gasteiger partial charge in [-0.25, -0.2) is 4.98 Å². The van der Waals surface area contributed by atoms with E-state index in [0.29, 0.717) is 63.1 Å². The molecule has 0 radical (unpaired) electrons. The fraction of sp³-hybridized carbons (Fsp3) is 0.346. The fourth-order valence-corrected chi connectivity index (χ4v) is 3.86. The molecular weight excluding hydrogens is 432 g/mol. The molecule has 178 valence electrons. The van der Waals surface area contributed by atoms with Gasteiger partial charge >= 0.3 is 0 Å². The SMILES string of the molecule is Cc1nc(N2CCOCC2)[nH]c(=O)c1CCC(=O)NCc1cccc(COc2ccccc2)c1. The highest BCUT2D eigenvalue weighted by molar-refractivity contribution is 5.76. The van der Waals surface area contributed by atoms with Gasteiger partial charge in [0, 0.05) is 37.3 Å². The van der Waals surface area contributed by atoms with E-state index in [0.717, 1.165) is 16.9 Å². The van der Waals surface area contributed by atoms with Crippen LogP contribution in [0.4, 0.5) is 5.95 Å². The van der Waals surface area contributed by atoms with Crippen molar-refractivity contribution in [3.8, 4) is 5.75 Å². The second-order valence-electron chi connectivity index (χ2n) is 8.25. The van der Waals surface area contributed by atoms with Gasteiger partial charge in [-0.2, -0.15) is 0 Å². The molecule has 1 aliphatic heterocycles. The van der Waals surface area contributed by atoms with Crippen LogP contribution in [0, 0.1) is 6.92 Å². The lowest BCUT2D eigenvalue weighted by molar-refractivity contribution is -0.121. The number of nitrogens with one attached hydrogen (secondary N) is 2. The Hall–Kier alpha value is -3.65. The molecule has 8 heteroatoms. The number of benzene rings is 2. The molecule has 2 N–H and O–H groups in total. The first-order chi connectivity index (χ1) is 16.6. The molecule has 1 saturated heterocycles. The number of H-pyrrole nitrogens is 1. The Morgan fingerprint density at radius 3 is 2.65 bits per heavy atom. The number of hydrogen-bond donors (Lipinski definition) is 2. The Morgan fingerprint density at radius 2 is 1.88 bits per heavy atom. The van der Waals surface area contributed by atoms with Gasteiger partial charge in [-0.3, -0.25) is 14.6 Å². The smallest absolute Gasteiger partial charge is 0.255 e. The highest BCUT2D eigenvalue weighted by Crippen LogP contribution is 2.14. The summed E-state index contributed by atoms with van der Waals surface area (Å²) in [7, 11) is 0. The zero-order chi connectivity index (χ0) is 23.8. The Labute approximate surface area is 198 Å². The van der Waals surface area contributed by atoms with Crippen molar-refractivity contribution in [1.29, 1.82) is 0 Å². The molecule has 2 aromatic carbocycles. The molecule has 0 aliphatic carbocycles. The van der Waals surface area contributed by atoms with Crippen LogP contribution in [-0.4, -0.2) is 42.2 Å². The molecule has 0 bridgehead atoms. The number of morpholine rings is 1. The number of amides is 1. The quantitative estimate of drug-likeness (QED) is 0.508. The number of rotatable bonds is 9. The predicted molar refractivity (Wildman–Crippen MR) is 130 cm³/mol. The molecule has 2 heterocycles. The van der Waals surface area contributed by atoms with Crippen LogP contribution in [-0.2, 0) is 29.1 Å². The Balaban J connectivity index is 1.27. The summed E-state index contributed by atoms with van der Waals surface area (Å²) in [5.41, 5.74) is 3.04. The van der Waals surface area contributed by atoms with Crippen molar-refractivity contribution >= 4 is 11.9 Å². The minimum atomic E-state index is -0.187. The number of nitrogens with zero attached hydrogens (tertiary/aromatic N) is 2. The normalized spacial score (nSPS) is 13.5. The summed E-state index contributed by atoms with van der Waals surface area (Å²) in [6, 6.07) is 17.6. The summed E-state index contributed by atoms with van der Waals surface area (Å²) in [6.45, 7) is 5.33. The number of carbonyl (C=O) groups excluding carboxylic acids is 1. The number of para-hydroxylation sites is 1. The van der Waals surface area contributed by atoms with E-state index in [1.165, 1.54) is 0 Å². The number of hydrogen-bond acceptors (Lipinski definition) is 6. The van der Waals surface area contributed by atoms with Crippen molar-refractivity contribution in [3.63, 3.8) is 0 Å². The molecule has 0 unspecified atom stereocenters. The average molecular weight is 463 g/mol. The van der Waals surface area contributed by atoms with E-state index < -0.39 is 0 Å². The summed E-state index contributed by atoms with van der Waals surface area (Å²) in [4.78, 5) is 34.4. The average Bonchev–Trinajstić information content (AvgIpc) is 2.87. The van der Waals surface area contributed by atoms with Gasteiger partial charge in [0.15, 0.2) is 0 Å². The van der Waals surface area contributed by atoms with Crippen molar-refractivity contribution in [2.24, 2.45) is 0 Å². The van der Waals surface area contributed by atoms with Crippen molar-refractivity contribution in [2.45, 2.75) is 32.9 Å². The van der Waals surface area contributed by atoms with Crippen molar-refractivity contribution in [3.05, 3.63) is 87.3 Å². The first-order valence-corrected chi connectivity index (χ1v) is 11.5. The molecule has 3 aromatic rings. The summed E-state index contributed by atoms with van der Waals surface area (Å²) >= 11 is 0. The maximum atomic E-state index is 12.6. The van der Waals surface area contributed by atoms with Crippen LogP contribution in [0.1, 0.15) is 28.8 Å². The Kier molecular flexibility index (Phi) is 7.93. The van der Waals surface area contributed by atoms with Crippen LogP contribution in [0.5, 0.6) is 5.75 Å². The van der Waals surface area contributed by atoms with E-state index in [2.05, 4.69) is 15.3 Å². The van der Waals surface area contributed by atoms with Gasteiger partial charge in [0.2, 0.25) is 11.9 Å². The lowest BCUT2D eigenvalue weighted by atomic mass is 10.1. The molecular formula is C26H30N4O4. The van der Waals surface area contributed by atoms with Crippen LogP contribution in [0.3, 0.4) is 0 Å². The summed E-state index contributed by atoms with van der Waals surface area (Å²) < 4.78 is 11.1. The van der Waals surface area contributed by atoms with Gasteiger partial charge in [0.1, 0.15) is 12.4 Å². The van der Waals surface area contributed by atoms with Crippen molar-refractivity contribution in [2.75, 3.05) is 31.2 Å². The largest absolute Gasteiger partial charge is 0.489 e. The summed E-state index contributed by atoms with van der Waals surface area (Å²) in [5, 5.41) is 2.94. The Morgan fingerprint density at radius 1 is 1.12 bits per heavy atom. The molecule has 8 nitrogen and oxygen atoms in total. The fourth-order valence-electron chi connectivity index (χ4n) is 3.86. The van der Waals surface area contributed by atoms with Gasteiger partial charge in [-0.1, -0.05) is 42.5 Å². The molecule has 1 amide bonds. The number of ether oxygens (including phenoxy) is 2. The zero-order valence-electron chi connectivity index (χ0n) is 19.4. The topological polar surface area (TPSA) is 96.6 Å². The number of aromatic amines is 1. The molecule has 1 aromatic heterocycles. The minimum Gasteiger partial charge on any atom is -0.489 e. The summed E-state index contributed by atoms with van der Waals surface area (Å²) in [6.07, 6.45) is 0.563.